The molecule has 1 radical (unpaired) electrons. The van der Waals surface area contributed by atoms with Crippen LogP contribution in [0.1, 0.15) is 0 Å². The van der Waals surface area contributed by atoms with E-state index in [1.807, 2.05) is 12.1 Å². The Morgan fingerprint density at radius 1 is 0.875 bits per heavy atom. The number of fused-ring (bicyclic) bond motifs is 5. The lowest BCUT2D eigenvalue weighted by atomic mass is 10.1. The summed E-state index contributed by atoms with van der Waals surface area (Å²) in [7, 11) is 0. The topological polar surface area (TPSA) is 29.9 Å². The maximum atomic E-state index is 4.60. The first-order valence-electron chi connectivity index (χ1n) is 5.35. The Kier molecular flexibility index (Phi) is 1.33. The molecule has 0 bridgehead atoms. The molecule has 2 aromatic carbocycles. The molecule has 2 heterocycles. The average molecular weight is 205 g/mol. The minimum absolute atomic E-state index is 0.988. The molecule has 3 aromatic rings. The monoisotopic (exact) mass is 205 g/mol. The lowest BCUT2D eigenvalue weighted by Gasteiger charge is -1.98. The normalized spacial score (nSPS) is 12.2. The summed E-state index contributed by atoms with van der Waals surface area (Å²) in [4.78, 5) is 3.36. The van der Waals surface area contributed by atoms with Crippen LogP contribution in [-0.4, -0.2) is 4.98 Å². The summed E-state index contributed by atoms with van der Waals surface area (Å²) in [6, 6.07) is 16.6. The Morgan fingerprint density at radius 2 is 1.69 bits per heavy atom. The van der Waals surface area contributed by atoms with Crippen molar-refractivity contribution in [2.24, 2.45) is 0 Å². The summed E-state index contributed by atoms with van der Waals surface area (Å²) in [6.45, 7) is 0. The van der Waals surface area contributed by atoms with Crippen molar-refractivity contribution >= 4 is 22.4 Å². The van der Waals surface area contributed by atoms with Crippen molar-refractivity contribution in [2.75, 3.05) is 0 Å². The SMILES string of the molecule is c1ccc2c(c1)[N]c1[nH]c3ccccc3c1-2. The Labute approximate surface area is 92.9 Å². The van der Waals surface area contributed by atoms with Gasteiger partial charge in [0.15, 0.2) is 0 Å². The minimum Gasteiger partial charge on any atom is -0.339 e. The van der Waals surface area contributed by atoms with E-state index in [1.54, 1.807) is 0 Å². The summed E-state index contributed by atoms with van der Waals surface area (Å²) >= 11 is 0. The van der Waals surface area contributed by atoms with Gasteiger partial charge < -0.3 is 4.98 Å². The van der Waals surface area contributed by atoms with Crippen molar-refractivity contribution in [3.63, 3.8) is 0 Å². The number of hydrogen-bond donors (Lipinski definition) is 1. The number of aromatic nitrogens is 1. The van der Waals surface area contributed by atoms with Gasteiger partial charge in [0.1, 0.15) is 5.82 Å². The second-order valence-corrected chi connectivity index (χ2v) is 4.02. The summed E-state index contributed by atoms with van der Waals surface area (Å²) in [6.07, 6.45) is 0. The number of H-pyrrole nitrogens is 1. The van der Waals surface area contributed by atoms with Crippen LogP contribution in [0.5, 0.6) is 0 Å². The van der Waals surface area contributed by atoms with Gasteiger partial charge in [-0.15, -0.1) is 0 Å². The van der Waals surface area contributed by atoms with E-state index >= 15 is 0 Å². The van der Waals surface area contributed by atoms with Crippen LogP contribution in [0.15, 0.2) is 48.5 Å². The maximum absolute atomic E-state index is 4.60. The molecule has 0 saturated carbocycles. The first-order valence-corrected chi connectivity index (χ1v) is 5.35. The van der Waals surface area contributed by atoms with Gasteiger partial charge in [-0.2, -0.15) is 0 Å². The summed E-state index contributed by atoms with van der Waals surface area (Å²) in [5.74, 6) is 0.988. The summed E-state index contributed by atoms with van der Waals surface area (Å²) in [5, 5.41) is 5.85. The van der Waals surface area contributed by atoms with E-state index in [1.165, 1.54) is 16.5 Å². The third-order valence-electron chi connectivity index (χ3n) is 3.09. The van der Waals surface area contributed by atoms with Crippen LogP contribution in [0.2, 0.25) is 0 Å². The quantitative estimate of drug-likeness (QED) is 0.453. The van der Waals surface area contributed by atoms with Crippen molar-refractivity contribution in [1.29, 1.82) is 0 Å². The van der Waals surface area contributed by atoms with Crippen LogP contribution in [0.3, 0.4) is 0 Å². The third-order valence-corrected chi connectivity index (χ3v) is 3.09. The molecular weight excluding hydrogens is 196 g/mol. The molecule has 75 valence electrons. The largest absolute Gasteiger partial charge is 0.339 e. The van der Waals surface area contributed by atoms with Gasteiger partial charge in [0, 0.05) is 22.0 Å². The molecule has 1 aromatic heterocycles. The molecule has 2 nitrogen and oxygen atoms in total. The van der Waals surface area contributed by atoms with Gasteiger partial charge in [-0.3, -0.25) is 0 Å². The molecule has 2 heteroatoms. The zero-order valence-electron chi connectivity index (χ0n) is 8.57. The predicted octanol–water partition coefficient (Wildman–Crippen LogP) is 3.72. The van der Waals surface area contributed by atoms with Gasteiger partial charge >= 0.3 is 0 Å². The lowest BCUT2D eigenvalue weighted by molar-refractivity contribution is 1.17. The van der Waals surface area contributed by atoms with Gasteiger partial charge in [-0.1, -0.05) is 36.4 Å². The fourth-order valence-electron chi connectivity index (χ4n) is 2.39. The third kappa shape index (κ3) is 0.865. The van der Waals surface area contributed by atoms with E-state index in [0.717, 1.165) is 17.0 Å². The molecule has 0 aliphatic carbocycles. The Bertz CT molecular complexity index is 695. The van der Waals surface area contributed by atoms with Crippen LogP contribution in [0.4, 0.5) is 11.5 Å². The highest BCUT2D eigenvalue weighted by atomic mass is 15.0. The van der Waals surface area contributed by atoms with Crippen molar-refractivity contribution in [1.82, 2.24) is 10.3 Å². The van der Waals surface area contributed by atoms with Crippen LogP contribution in [-0.2, 0) is 0 Å². The first-order chi connectivity index (χ1) is 7.93. The van der Waals surface area contributed by atoms with Crippen molar-refractivity contribution < 1.29 is 0 Å². The molecule has 1 N–H and O–H groups in total. The second-order valence-electron chi connectivity index (χ2n) is 4.02. The molecule has 1 aliphatic heterocycles. The van der Waals surface area contributed by atoms with Gasteiger partial charge in [0.05, 0.1) is 5.69 Å². The Balaban J connectivity index is 2.15. The van der Waals surface area contributed by atoms with Crippen molar-refractivity contribution in [2.45, 2.75) is 0 Å². The Morgan fingerprint density at radius 3 is 2.69 bits per heavy atom. The Hall–Kier alpha value is -2.22. The number of nitrogens with one attached hydrogen (secondary N) is 1. The molecule has 0 atom stereocenters. The lowest BCUT2D eigenvalue weighted by Crippen LogP contribution is -1.82. The summed E-state index contributed by atoms with van der Waals surface area (Å²) < 4.78 is 0. The van der Waals surface area contributed by atoms with E-state index in [0.29, 0.717) is 0 Å². The van der Waals surface area contributed by atoms with E-state index in [-0.39, 0.29) is 0 Å². The standard InChI is InChI=1S/C14H9N2/c1-3-7-11-9(5-1)13-10-6-2-4-8-12(10)16-14(13)15-11/h1-8,15H. The molecule has 4 rings (SSSR count). The molecule has 0 spiro atoms. The average Bonchev–Trinajstić information content (AvgIpc) is 2.83. The molecule has 16 heavy (non-hydrogen) atoms. The van der Waals surface area contributed by atoms with Gasteiger partial charge in [-0.25, -0.2) is 5.32 Å². The van der Waals surface area contributed by atoms with Gasteiger partial charge in [-0.05, 0) is 12.1 Å². The van der Waals surface area contributed by atoms with E-state index in [2.05, 4.69) is 46.7 Å². The highest BCUT2D eigenvalue weighted by Gasteiger charge is 2.23. The zero-order chi connectivity index (χ0) is 10.5. The molecule has 0 unspecified atom stereocenters. The number of benzene rings is 2. The van der Waals surface area contributed by atoms with Crippen molar-refractivity contribution in [3.05, 3.63) is 48.5 Å². The highest BCUT2D eigenvalue weighted by Crippen LogP contribution is 2.46. The van der Waals surface area contributed by atoms with E-state index in [4.69, 9.17) is 0 Å². The smallest absolute Gasteiger partial charge is 0.139 e. The van der Waals surface area contributed by atoms with Crippen LogP contribution in [0, 0.1) is 0 Å². The maximum Gasteiger partial charge on any atom is 0.139 e. The van der Waals surface area contributed by atoms with Crippen LogP contribution >= 0.6 is 0 Å². The molecule has 0 fully saturated rings. The van der Waals surface area contributed by atoms with E-state index < -0.39 is 0 Å². The summed E-state index contributed by atoms with van der Waals surface area (Å²) in [5.41, 5.74) is 4.70. The van der Waals surface area contributed by atoms with Crippen LogP contribution < -0.4 is 5.32 Å². The van der Waals surface area contributed by atoms with Gasteiger partial charge in [0.25, 0.3) is 0 Å². The molecule has 0 saturated heterocycles. The molecule has 0 amide bonds. The fraction of sp³-hybridized carbons (Fsp3) is 0. The highest BCUT2D eigenvalue weighted by molar-refractivity contribution is 6.07. The van der Waals surface area contributed by atoms with Crippen molar-refractivity contribution in [3.8, 4) is 11.1 Å². The number of para-hydroxylation sites is 2. The number of nitrogens with zero attached hydrogens (tertiary/aromatic N) is 1. The van der Waals surface area contributed by atoms with Gasteiger partial charge in [0.2, 0.25) is 0 Å². The second kappa shape index (κ2) is 2.67. The molecular formula is C14H9N2. The number of rotatable bonds is 0. The number of aromatic amines is 1. The zero-order valence-corrected chi connectivity index (χ0v) is 8.57. The van der Waals surface area contributed by atoms with Crippen LogP contribution in [0.25, 0.3) is 22.0 Å². The van der Waals surface area contributed by atoms with E-state index in [9.17, 15) is 0 Å². The minimum atomic E-state index is 0.988. The predicted molar refractivity (Wildman–Crippen MR) is 65.2 cm³/mol. The molecule has 1 aliphatic rings. The number of hydrogen-bond acceptors (Lipinski definition) is 0. The first kappa shape index (κ1) is 7.99. The fourth-order valence-corrected chi connectivity index (χ4v) is 2.39.